The Hall–Kier alpha value is -3.23. The maximum Gasteiger partial charge on any atom is 0.257 e. The zero-order valence-electron chi connectivity index (χ0n) is 16.9. The first-order valence-electron chi connectivity index (χ1n) is 9.29. The second-order valence-electron chi connectivity index (χ2n) is 6.66. The van der Waals surface area contributed by atoms with Gasteiger partial charge in [-0.3, -0.25) is 14.9 Å². The van der Waals surface area contributed by atoms with Gasteiger partial charge in [0.05, 0.1) is 11.6 Å². The number of carbonyl (C=O) groups excluding carboxylic acids is 2. The van der Waals surface area contributed by atoms with E-state index in [1.54, 1.807) is 55.6 Å². The predicted octanol–water partition coefficient (Wildman–Crippen LogP) is 5.15. The van der Waals surface area contributed by atoms with Crippen molar-refractivity contribution < 1.29 is 14.3 Å². The van der Waals surface area contributed by atoms with Crippen molar-refractivity contribution in [3.05, 3.63) is 87.9 Å². The quantitative estimate of drug-likeness (QED) is 0.425. The lowest BCUT2D eigenvalue weighted by atomic mass is 10.1. The lowest BCUT2D eigenvalue weighted by Crippen LogP contribution is -2.34. The number of hydrogen-bond acceptors (Lipinski definition) is 4. The fraction of sp³-hybridized carbons (Fsp3) is 0.0870. The molecule has 8 heteroatoms. The van der Waals surface area contributed by atoms with Crippen molar-refractivity contribution in [1.29, 1.82) is 0 Å². The fourth-order valence-electron chi connectivity index (χ4n) is 2.77. The number of ether oxygens (including phenoxy) is 1. The molecule has 0 aliphatic heterocycles. The second-order valence-corrected chi connectivity index (χ2v) is 7.92. The summed E-state index contributed by atoms with van der Waals surface area (Å²) in [5.74, 6) is 0.104. The van der Waals surface area contributed by atoms with Crippen molar-refractivity contribution in [2.45, 2.75) is 6.92 Å². The molecule has 3 aromatic rings. The molecule has 0 bridgehead atoms. The van der Waals surface area contributed by atoms with E-state index in [0.29, 0.717) is 32.7 Å². The Kier molecular flexibility index (Phi) is 7.38. The molecule has 0 unspecified atom stereocenters. The normalized spacial score (nSPS) is 10.2. The molecule has 0 aliphatic rings. The van der Waals surface area contributed by atoms with E-state index in [1.807, 2.05) is 25.1 Å². The molecule has 0 saturated heterocycles. The zero-order valence-corrected chi connectivity index (χ0v) is 19.3. The average molecular weight is 498 g/mol. The van der Waals surface area contributed by atoms with Gasteiger partial charge in [-0.15, -0.1) is 0 Å². The fourth-order valence-corrected chi connectivity index (χ4v) is 3.52. The van der Waals surface area contributed by atoms with Crippen LogP contribution in [0.2, 0.25) is 0 Å². The third-order valence-electron chi connectivity index (χ3n) is 4.32. The van der Waals surface area contributed by atoms with Gasteiger partial charge < -0.3 is 15.4 Å². The van der Waals surface area contributed by atoms with E-state index in [-0.39, 0.29) is 16.9 Å². The monoisotopic (exact) mass is 497 g/mol. The number of nitrogens with one attached hydrogen (secondary N) is 3. The minimum Gasteiger partial charge on any atom is -0.496 e. The van der Waals surface area contributed by atoms with Crippen LogP contribution in [0.3, 0.4) is 0 Å². The van der Waals surface area contributed by atoms with Crippen molar-refractivity contribution in [2.75, 3.05) is 17.7 Å². The Balaban J connectivity index is 1.56. The van der Waals surface area contributed by atoms with Crippen LogP contribution in [0.1, 0.15) is 26.3 Å². The van der Waals surface area contributed by atoms with Crippen molar-refractivity contribution in [3.8, 4) is 5.75 Å². The summed E-state index contributed by atoms with van der Waals surface area (Å²) in [6.07, 6.45) is 0. The van der Waals surface area contributed by atoms with E-state index < -0.39 is 0 Å². The van der Waals surface area contributed by atoms with Crippen LogP contribution in [0.4, 0.5) is 11.4 Å². The number of anilines is 2. The van der Waals surface area contributed by atoms with Gasteiger partial charge in [-0.05, 0) is 89.7 Å². The molecule has 3 rings (SSSR count). The zero-order chi connectivity index (χ0) is 22.4. The number of carbonyl (C=O) groups is 2. The van der Waals surface area contributed by atoms with Gasteiger partial charge in [0.1, 0.15) is 5.75 Å². The summed E-state index contributed by atoms with van der Waals surface area (Å²) in [7, 11) is 1.55. The van der Waals surface area contributed by atoms with Gasteiger partial charge in [-0.1, -0.05) is 17.7 Å². The predicted molar refractivity (Wildman–Crippen MR) is 130 cm³/mol. The second kappa shape index (κ2) is 10.2. The first-order valence-corrected chi connectivity index (χ1v) is 10.5. The molecule has 0 aliphatic carbocycles. The summed E-state index contributed by atoms with van der Waals surface area (Å²) in [5.41, 5.74) is 3.37. The number of amides is 2. The van der Waals surface area contributed by atoms with Gasteiger partial charge in [-0.25, -0.2) is 0 Å². The van der Waals surface area contributed by atoms with Crippen LogP contribution in [-0.4, -0.2) is 24.0 Å². The third-order valence-corrected chi connectivity index (χ3v) is 5.15. The Morgan fingerprint density at radius 2 is 1.52 bits per heavy atom. The molecule has 0 fully saturated rings. The van der Waals surface area contributed by atoms with Gasteiger partial charge in [0.25, 0.3) is 11.8 Å². The van der Waals surface area contributed by atoms with Crippen molar-refractivity contribution >= 4 is 56.4 Å². The number of hydrogen-bond donors (Lipinski definition) is 3. The lowest BCUT2D eigenvalue weighted by molar-refractivity contribution is 0.0976. The van der Waals surface area contributed by atoms with E-state index in [9.17, 15) is 9.59 Å². The topological polar surface area (TPSA) is 79.5 Å². The highest BCUT2D eigenvalue weighted by Crippen LogP contribution is 2.25. The molecule has 31 heavy (non-hydrogen) atoms. The van der Waals surface area contributed by atoms with E-state index in [2.05, 4.69) is 31.9 Å². The number of benzene rings is 3. The van der Waals surface area contributed by atoms with Crippen LogP contribution in [0.5, 0.6) is 5.75 Å². The van der Waals surface area contributed by atoms with Gasteiger partial charge in [0.2, 0.25) is 0 Å². The highest BCUT2D eigenvalue weighted by Gasteiger charge is 2.11. The standard InChI is InChI=1S/C23H20BrN3O3S/c1-14-4-3-5-15(12-14)21(28)25-17-7-9-18(10-8-17)26-23(31)27-22(29)16-6-11-20(30-2)19(24)13-16/h3-13H,1-2H3,(H,25,28)(H2,26,27,29,31). The van der Waals surface area contributed by atoms with Crippen LogP contribution in [0.25, 0.3) is 0 Å². The number of rotatable bonds is 5. The number of aryl methyl sites for hydroxylation is 1. The molecule has 0 atom stereocenters. The van der Waals surface area contributed by atoms with Crippen molar-refractivity contribution in [2.24, 2.45) is 0 Å². The first-order chi connectivity index (χ1) is 14.9. The van der Waals surface area contributed by atoms with Crippen LogP contribution in [0.15, 0.2) is 71.2 Å². The smallest absolute Gasteiger partial charge is 0.257 e. The van der Waals surface area contributed by atoms with Gasteiger partial charge in [0, 0.05) is 22.5 Å². The Labute approximate surface area is 194 Å². The summed E-state index contributed by atoms with van der Waals surface area (Å²) in [6, 6.07) is 19.4. The summed E-state index contributed by atoms with van der Waals surface area (Å²) >= 11 is 8.58. The van der Waals surface area contributed by atoms with Crippen LogP contribution < -0.4 is 20.7 Å². The molecule has 0 spiro atoms. The maximum absolute atomic E-state index is 12.4. The molecule has 6 nitrogen and oxygen atoms in total. The third kappa shape index (κ3) is 6.13. The van der Waals surface area contributed by atoms with E-state index >= 15 is 0 Å². The Bertz CT molecular complexity index is 1130. The maximum atomic E-state index is 12.4. The van der Waals surface area contributed by atoms with Crippen molar-refractivity contribution in [1.82, 2.24) is 5.32 Å². The number of halogens is 1. The van der Waals surface area contributed by atoms with Crippen molar-refractivity contribution in [3.63, 3.8) is 0 Å². The molecule has 158 valence electrons. The number of thiocarbonyl (C=S) groups is 1. The number of methoxy groups -OCH3 is 1. The summed E-state index contributed by atoms with van der Waals surface area (Å²) < 4.78 is 5.83. The van der Waals surface area contributed by atoms with Gasteiger partial charge in [0.15, 0.2) is 5.11 Å². The summed E-state index contributed by atoms with van der Waals surface area (Å²) in [4.78, 5) is 24.7. The summed E-state index contributed by atoms with van der Waals surface area (Å²) in [5, 5.41) is 8.59. The van der Waals surface area contributed by atoms with Crippen LogP contribution in [-0.2, 0) is 0 Å². The average Bonchev–Trinajstić information content (AvgIpc) is 2.75. The highest BCUT2D eigenvalue weighted by atomic mass is 79.9. The molecular formula is C23H20BrN3O3S. The van der Waals surface area contributed by atoms with E-state index in [0.717, 1.165) is 5.56 Å². The van der Waals surface area contributed by atoms with E-state index in [4.69, 9.17) is 17.0 Å². The SMILES string of the molecule is COc1ccc(C(=O)NC(=S)Nc2ccc(NC(=O)c3cccc(C)c3)cc2)cc1Br. The minimum atomic E-state index is -0.345. The van der Waals surface area contributed by atoms with Gasteiger partial charge in [-0.2, -0.15) is 0 Å². The summed E-state index contributed by atoms with van der Waals surface area (Å²) in [6.45, 7) is 1.94. The molecule has 0 heterocycles. The van der Waals surface area contributed by atoms with Gasteiger partial charge >= 0.3 is 0 Å². The molecule has 2 amide bonds. The first kappa shape index (κ1) is 22.5. The van der Waals surface area contributed by atoms with Crippen LogP contribution in [0, 0.1) is 6.92 Å². The molecule has 0 saturated carbocycles. The Morgan fingerprint density at radius 1 is 0.871 bits per heavy atom. The molecule has 0 radical (unpaired) electrons. The Morgan fingerprint density at radius 3 is 2.13 bits per heavy atom. The molecule has 0 aromatic heterocycles. The lowest BCUT2D eigenvalue weighted by Gasteiger charge is -2.11. The molecule has 3 aromatic carbocycles. The largest absolute Gasteiger partial charge is 0.496 e. The molecular weight excluding hydrogens is 478 g/mol. The van der Waals surface area contributed by atoms with Crippen LogP contribution >= 0.6 is 28.1 Å². The minimum absolute atomic E-state index is 0.161. The molecule has 3 N–H and O–H groups in total. The van der Waals surface area contributed by atoms with E-state index in [1.165, 1.54) is 0 Å². The highest BCUT2D eigenvalue weighted by molar-refractivity contribution is 9.10.